The lowest BCUT2D eigenvalue weighted by atomic mass is 9.86. The molecule has 0 fully saturated rings. The first kappa shape index (κ1) is 30.3. The lowest BCUT2D eigenvalue weighted by Gasteiger charge is -2.30. The maximum atomic E-state index is 10.3. The van der Waals surface area contributed by atoms with Crippen LogP contribution in [0.4, 0.5) is 11.4 Å². The van der Waals surface area contributed by atoms with Crippen LogP contribution in [-0.2, 0) is 12.8 Å². The minimum absolute atomic E-state index is 0.282. The van der Waals surface area contributed by atoms with Crippen molar-refractivity contribution < 1.29 is 0 Å². The van der Waals surface area contributed by atoms with E-state index in [1.807, 2.05) is 36.4 Å². The van der Waals surface area contributed by atoms with Gasteiger partial charge >= 0.3 is 0 Å². The first-order valence-corrected chi connectivity index (χ1v) is 17.4. The highest BCUT2D eigenvalue weighted by molar-refractivity contribution is 5.85. The first-order valence-electron chi connectivity index (χ1n) is 17.4. The van der Waals surface area contributed by atoms with Gasteiger partial charge in [0.2, 0.25) is 0 Å². The standard InChI is InChI=1S/C46H31N5/c47-27-30-9-7-18-45-40(23-30)41-24-31(28-48)19-20-46(41)51(45)42-15-4-1-12-37(42)35-22-32(29-49)21-34(25-35)33-10-8-11-36(26-33)50-43-16-5-2-13-38(43)39-14-3-6-17-44(39)50/h1-2,4-6,8,10-13,15-17,21-26,39,44H,3,14,18-20H2. The second-order valence-corrected chi connectivity index (χ2v) is 13.5. The van der Waals surface area contributed by atoms with E-state index in [1.165, 1.54) is 11.3 Å². The summed E-state index contributed by atoms with van der Waals surface area (Å²) in [6.07, 6.45) is 12.6. The van der Waals surface area contributed by atoms with Crippen molar-refractivity contribution in [2.75, 3.05) is 4.90 Å². The topological polar surface area (TPSA) is 79.5 Å². The summed E-state index contributed by atoms with van der Waals surface area (Å²) in [6, 6.07) is 39.2. The molecule has 240 valence electrons. The highest BCUT2D eigenvalue weighted by Crippen LogP contribution is 2.49. The van der Waals surface area contributed by atoms with Gasteiger partial charge in [-0.2, -0.15) is 15.8 Å². The Morgan fingerprint density at radius 3 is 2.39 bits per heavy atom. The van der Waals surface area contributed by atoms with E-state index >= 15 is 0 Å². The van der Waals surface area contributed by atoms with E-state index in [0.29, 0.717) is 36.3 Å². The third-order valence-electron chi connectivity index (χ3n) is 10.7. The van der Waals surface area contributed by atoms with Gasteiger partial charge in [0, 0.05) is 50.9 Å². The van der Waals surface area contributed by atoms with Gasteiger partial charge in [0.05, 0.1) is 35.9 Å². The molecule has 4 aromatic carbocycles. The quantitative estimate of drug-likeness (QED) is 0.143. The molecule has 0 N–H and O–H groups in total. The minimum atomic E-state index is 0.282. The number of nitriles is 3. The molecule has 5 nitrogen and oxygen atoms in total. The molecule has 1 aromatic heterocycles. The molecule has 5 aromatic rings. The summed E-state index contributed by atoms with van der Waals surface area (Å²) in [4.78, 5) is 2.48. The zero-order valence-electron chi connectivity index (χ0n) is 27.9. The molecule has 2 heterocycles. The zero-order valence-corrected chi connectivity index (χ0v) is 27.9. The van der Waals surface area contributed by atoms with Gasteiger partial charge in [0.1, 0.15) is 11.6 Å². The molecule has 0 saturated heterocycles. The SMILES string of the molecule is N#CC1=Cc2c3c(n(-c4ccccc4-c4cc(C#N)cc(-c5cccc(N6c7ccccc7C7CCC=CC76)c5)c4)c2CC#C1)CCC(C#N)=C3. The second-order valence-electron chi connectivity index (χ2n) is 13.5. The van der Waals surface area contributed by atoms with E-state index in [-0.39, 0.29) is 6.04 Å². The van der Waals surface area contributed by atoms with Gasteiger partial charge in [-0.3, -0.25) is 0 Å². The number of hydrogen-bond acceptors (Lipinski definition) is 4. The number of allylic oxidation sites excluding steroid dienone is 3. The van der Waals surface area contributed by atoms with E-state index in [1.54, 1.807) is 0 Å². The molecule has 1 aliphatic heterocycles. The maximum absolute atomic E-state index is 10.3. The van der Waals surface area contributed by atoms with Crippen molar-refractivity contribution in [2.24, 2.45) is 0 Å². The monoisotopic (exact) mass is 653 g/mol. The fourth-order valence-corrected chi connectivity index (χ4v) is 8.48. The molecule has 0 spiro atoms. The van der Waals surface area contributed by atoms with Crippen LogP contribution in [0, 0.1) is 45.8 Å². The van der Waals surface area contributed by atoms with Crippen molar-refractivity contribution in [1.82, 2.24) is 4.57 Å². The molecule has 3 aliphatic carbocycles. The summed E-state index contributed by atoms with van der Waals surface area (Å²) in [6.45, 7) is 0. The van der Waals surface area contributed by atoms with E-state index in [0.717, 1.165) is 74.6 Å². The molecule has 51 heavy (non-hydrogen) atoms. The highest BCUT2D eigenvalue weighted by atomic mass is 15.2. The fraction of sp³-hybridized carbons (Fsp3) is 0.152. The fourth-order valence-electron chi connectivity index (χ4n) is 8.48. The highest BCUT2D eigenvalue weighted by Gasteiger charge is 2.38. The lowest BCUT2D eigenvalue weighted by molar-refractivity contribution is 0.573. The summed E-state index contributed by atoms with van der Waals surface area (Å²) in [5.41, 5.74) is 14.5. The molecule has 9 rings (SSSR count). The number of para-hydroxylation sites is 2. The number of fused-ring (bicyclic) bond motifs is 6. The normalized spacial score (nSPS) is 17.9. The van der Waals surface area contributed by atoms with Gasteiger partial charge < -0.3 is 9.47 Å². The number of hydrogen-bond donors (Lipinski definition) is 0. The number of rotatable bonds is 4. The Labute approximate surface area is 297 Å². The van der Waals surface area contributed by atoms with Gasteiger partial charge in [-0.1, -0.05) is 72.5 Å². The van der Waals surface area contributed by atoms with Crippen molar-refractivity contribution in [3.63, 3.8) is 0 Å². The van der Waals surface area contributed by atoms with E-state index < -0.39 is 0 Å². The zero-order chi connectivity index (χ0) is 34.5. The predicted molar refractivity (Wildman–Crippen MR) is 202 cm³/mol. The van der Waals surface area contributed by atoms with Gasteiger partial charge in [-0.05, 0) is 103 Å². The van der Waals surface area contributed by atoms with Crippen molar-refractivity contribution >= 4 is 23.5 Å². The van der Waals surface area contributed by atoms with Crippen LogP contribution in [-0.4, -0.2) is 10.6 Å². The van der Waals surface area contributed by atoms with Crippen LogP contribution < -0.4 is 4.90 Å². The van der Waals surface area contributed by atoms with Crippen LogP contribution in [0.15, 0.2) is 114 Å². The van der Waals surface area contributed by atoms with Crippen LogP contribution in [0.1, 0.15) is 58.8 Å². The van der Waals surface area contributed by atoms with Crippen molar-refractivity contribution in [1.29, 1.82) is 15.8 Å². The van der Waals surface area contributed by atoms with Crippen LogP contribution in [0.2, 0.25) is 0 Å². The Morgan fingerprint density at radius 2 is 1.53 bits per heavy atom. The molecule has 0 bridgehead atoms. The molecule has 0 saturated carbocycles. The van der Waals surface area contributed by atoms with Crippen LogP contribution in [0.25, 0.3) is 40.1 Å². The smallest absolute Gasteiger partial charge is 0.108 e. The number of nitrogens with zero attached hydrogens (tertiary/aromatic N) is 5. The van der Waals surface area contributed by atoms with Crippen molar-refractivity contribution in [2.45, 2.75) is 44.1 Å². The number of aromatic nitrogens is 1. The minimum Gasteiger partial charge on any atom is -0.334 e. The molecular weight excluding hydrogens is 623 g/mol. The Balaban J connectivity index is 1.18. The Bertz CT molecular complexity index is 2580. The molecule has 2 atom stereocenters. The van der Waals surface area contributed by atoms with Crippen LogP contribution in [0.3, 0.4) is 0 Å². The summed E-state index contributed by atoms with van der Waals surface area (Å²) >= 11 is 0. The van der Waals surface area contributed by atoms with Gasteiger partial charge in [-0.25, -0.2) is 0 Å². The largest absolute Gasteiger partial charge is 0.334 e. The van der Waals surface area contributed by atoms with Gasteiger partial charge in [0.15, 0.2) is 0 Å². The van der Waals surface area contributed by atoms with Crippen molar-refractivity contribution in [3.8, 4) is 58.0 Å². The summed E-state index contributed by atoms with van der Waals surface area (Å²) in [5.74, 6) is 6.70. The van der Waals surface area contributed by atoms with E-state index in [9.17, 15) is 15.8 Å². The molecule has 5 heteroatoms. The van der Waals surface area contributed by atoms with Gasteiger partial charge in [0.25, 0.3) is 0 Å². The molecule has 0 radical (unpaired) electrons. The Morgan fingerprint density at radius 1 is 0.706 bits per heavy atom. The van der Waals surface area contributed by atoms with E-state index in [4.69, 9.17) is 0 Å². The second kappa shape index (κ2) is 12.3. The van der Waals surface area contributed by atoms with Crippen molar-refractivity contribution in [3.05, 3.63) is 148 Å². The summed E-state index contributed by atoms with van der Waals surface area (Å²) < 4.78 is 2.29. The predicted octanol–water partition coefficient (Wildman–Crippen LogP) is 9.96. The molecule has 4 aliphatic rings. The third-order valence-corrected chi connectivity index (χ3v) is 10.7. The Kier molecular flexibility index (Phi) is 7.29. The van der Waals surface area contributed by atoms with Crippen LogP contribution >= 0.6 is 0 Å². The summed E-state index contributed by atoms with van der Waals surface area (Å²) in [5, 5.41) is 29.9. The van der Waals surface area contributed by atoms with Gasteiger partial charge in [-0.15, -0.1) is 0 Å². The molecule has 2 unspecified atom stereocenters. The average molecular weight is 654 g/mol. The van der Waals surface area contributed by atoms with E-state index in [2.05, 4.69) is 118 Å². The molecule has 0 amide bonds. The average Bonchev–Trinajstić information content (AvgIpc) is 3.59. The summed E-state index contributed by atoms with van der Waals surface area (Å²) in [7, 11) is 0. The third kappa shape index (κ3) is 4.99. The maximum Gasteiger partial charge on any atom is 0.108 e. The first-order chi connectivity index (χ1) is 25.1. The molecular formula is C46H31N5. The lowest BCUT2D eigenvalue weighted by Crippen LogP contribution is -2.29. The number of anilines is 2. The van der Waals surface area contributed by atoms with Crippen LogP contribution in [0.5, 0.6) is 0 Å². The number of benzene rings is 4. The Hall–Kier alpha value is -6.79.